The van der Waals surface area contributed by atoms with Crippen molar-refractivity contribution in [2.75, 3.05) is 31.5 Å². The summed E-state index contributed by atoms with van der Waals surface area (Å²) in [7, 11) is -0.175. The van der Waals surface area contributed by atoms with Gasteiger partial charge in [-0.3, -0.25) is 4.79 Å². The number of carbonyl (C=O) groups excluding carboxylic acids is 1. The van der Waals surface area contributed by atoms with E-state index >= 15 is 0 Å². The quantitative estimate of drug-likeness (QED) is 0.754. The lowest BCUT2D eigenvalue weighted by molar-refractivity contribution is -0.117. The Morgan fingerprint density at radius 2 is 2.00 bits per heavy atom. The first-order valence-corrected chi connectivity index (χ1v) is 8.29. The van der Waals surface area contributed by atoms with Crippen LogP contribution in [0.3, 0.4) is 0 Å². The number of hydrogen-bond donors (Lipinski definition) is 2. The van der Waals surface area contributed by atoms with Crippen LogP contribution in [0.2, 0.25) is 0 Å². The van der Waals surface area contributed by atoms with Gasteiger partial charge in [-0.2, -0.15) is 0 Å². The number of nitrogens with one attached hydrogen (secondary N) is 1. The molecule has 0 aliphatic rings. The Labute approximate surface area is 124 Å². The topological polar surface area (TPSA) is 108 Å². The Bertz CT molecular complexity index is 601. The first-order chi connectivity index (χ1) is 9.76. The Balaban J connectivity index is 2.77. The third kappa shape index (κ3) is 5.60. The summed E-state index contributed by atoms with van der Waals surface area (Å²) < 4.78 is 32.4. The lowest BCUT2D eigenvalue weighted by atomic mass is 10.2. The molecule has 1 aromatic rings. The van der Waals surface area contributed by atoms with Gasteiger partial charge < -0.3 is 20.5 Å². The number of methoxy groups -OCH3 is 2. The molecule has 1 amide bonds. The number of ether oxygens (including phenoxy) is 2. The summed E-state index contributed by atoms with van der Waals surface area (Å²) in [6.07, 6.45) is 1.15. The molecular weight excluding hydrogens is 296 g/mol. The van der Waals surface area contributed by atoms with Crippen LogP contribution in [-0.4, -0.2) is 46.6 Å². The Morgan fingerprint density at radius 1 is 1.33 bits per heavy atom. The lowest BCUT2D eigenvalue weighted by Crippen LogP contribution is -2.37. The molecule has 0 aliphatic carbocycles. The Morgan fingerprint density at radius 3 is 2.52 bits per heavy atom. The molecular formula is C13H20N2O5S. The van der Waals surface area contributed by atoms with Gasteiger partial charge in [0.15, 0.2) is 0 Å². The summed E-state index contributed by atoms with van der Waals surface area (Å²) in [4.78, 5) is 12.0. The summed E-state index contributed by atoms with van der Waals surface area (Å²) in [5.41, 5.74) is 6.10. The van der Waals surface area contributed by atoms with E-state index in [0.717, 1.165) is 6.26 Å². The molecule has 0 saturated heterocycles. The number of sulfone groups is 1. The van der Waals surface area contributed by atoms with Gasteiger partial charge in [0.1, 0.15) is 21.3 Å². The maximum Gasteiger partial charge on any atom is 0.241 e. The highest BCUT2D eigenvalue weighted by molar-refractivity contribution is 7.90. The molecule has 1 atom stereocenters. The van der Waals surface area contributed by atoms with E-state index in [0.29, 0.717) is 17.2 Å². The summed E-state index contributed by atoms with van der Waals surface area (Å²) in [5.74, 6) is 0.386. The minimum atomic E-state index is -3.15. The van der Waals surface area contributed by atoms with Crippen LogP contribution >= 0.6 is 0 Å². The van der Waals surface area contributed by atoms with Gasteiger partial charge in [-0.25, -0.2) is 8.42 Å². The van der Waals surface area contributed by atoms with E-state index in [-0.39, 0.29) is 12.2 Å². The second kappa shape index (κ2) is 7.28. The normalized spacial score (nSPS) is 12.6. The maximum atomic E-state index is 12.0. The SMILES string of the molecule is COc1ccc(OC)c(NC(=O)C(N)CCS(C)(=O)=O)c1. The smallest absolute Gasteiger partial charge is 0.241 e. The number of hydrogen-bond acceptors (Lipinski definition) is 6. The van der Waals surface area contributed by atoms with E-state index in [1.54, 1.807) is 18.2 Å². The average Bonchev–Trinajstić information content (AvgIpc) is 2.43. The second-order valence-corrected chi connectivity index (χ2v) is 6.84. The van der Waals surface area contributed by atoms with Crippen molar-refractivity contribution in [2.45, 2.75) is 12.5 Å². The van der Waals surface area contributed by atoms with Crippen molar-refractivity contribution < 1.29 is 22.7 Å². The molecule has 0 heterocycles. The fraction of sp³-hybridized carbons (Fsp3) is 0.462. The first-order valence-electron chi connectivity index (χ1n) is 6.23. The van der Waals surface area contributed by atoms with Crippen LogP contribution in [0.1, 0.15) is 6.42 Å². The van der Waals surface area contributed by atoms with Crippen LogP contribution in [0.5, 0.6) is 11.5 Å². The summed E-state index contributed by atoms with van der Waals surface area (Å²) >= 11 is 0. The van der Waals surface area contributed by atoms with Crippen LogP contribution in [0.25, 0.3) is 0 Å². The molecule has 1 aromatic carbocycles. The molecule has 0 radical (unpaired) electrons. The van der Waals surface area contributed by atoms with E-state index in [2.05, 4.69) is 5.32 Å². The van der Waals surface area contributed by atoms with E-state index < -0.39 is 21.8 Å². The Hall–Kier alpha value is -1.80. The predicted octanol–water partition coefficient (Wildman–Crippen LogP) is 0.404. The Kier molecular flexibility index (Phi) is 5.98. The highest BCUT2D eigenvalue weighted by Gasteiger charge is 2.18. The third-order valence-corrected chi connectivity index (χ3v) is 3.78. The van der Waals surface area contributed by atoms with Crippen molar-refractivity contribution in [1.82, 2.24) is 0 Å². The minimum absolute atomic E-state index is 0.0525. The van der Waals surface area contributed by atoms with E-state index in [1.165, 1.54) is 14.2 Å². The summed E-state index contributed by atoms with van der Waals surface area (Å²) in [6, 6.07) is 4.02. The van der Waals surface area contributed by atoms with Gasteiger partial charge in [-0.05, 0) is 18.6 Å². The zero-order valence-corrected chi connectivity index (χ0v) is 13.1. The maximum absolute atomic E-state index is 12.0. The number of benzene rings is 1. The van der Waals surface area contributed by atoms with E-state index in [9.17, 15) is 13.2 Å². The second-order valence-electron chi connectivity index (χ2n) is 4.58. The third-order valence-electron chi connectivity index (χ3n) is 2.80. The first kappa shape index (κ1) is 17.3. The molecule has 0 aromatic heterocycles. The van der Waals surface area contributed by atoms with Gasteiger partial charge in [0.25, 0.3) is 0 Å². The number of carbonyl (C=O) groups is 1. The molecule has 21 heavy (non-hydrogen) atoms. The minimum Gasteiger partial charge on any atom is -0.497 e. The highest BCUT2D eigenvalue weighted by atomic mass is 32.2. The van der Waals surface area contributed by atoms with Crippen molar-refractivity contribution in [3.05, 3.63) is 18.2 Å². The fourth-order valence-electron chi connectivity index (χ4n) is 1.61. The van der Waals surface area contributed by atoms with Gasteiger partial charge in [0, 0.05) is 12.3 Å². The monoisotopic (exact) mass is 316 g/mol. The molecule has 3 N–H and O–H groups in total. The van der Waals surface area contributed by atoms with Gasteiger partial charge in [-0.15, -0.1) is 0 Å². The van der Waals surface area contributed by atoms with Crippen LogP contribution in [0.4, 0.5) is 5.69 Å². The number of amides is 1. The van der Waals surface area contributed by atoms with E-state index in [4.69, 9.17) is 15.2 Å². The fourth-order valence-corrected chi connectivity index (χ4v) is 2.29. The molecule has 0 spiro atoms. The number of nitrogens with two attached hydrogens (primary N) is 1. The van der Waals surface area contributed by atoms with Crippen LogP contribution in [-0.2, 0) is 14.6 Å². The predicted molar refractivity (Wildman–Crippen MR) is 80.5 cm³/mol. The van der Waals surface area contributed by atoms with Crippen molar-refractivity contribution in [2.24, 2.45) is 5.73 Å². The van der Waals surface area contributed by atoms with Crippen molar-refractivity contribution >= 4 is 21.4 Å². The number of anilines is 1. The van der Waals surface area contributed by atoms with Gasteiger partial charge in [-0.1, -0.05) is 0 Å². The van der Waals surface area contributed by atoms with Crippen LogP contribution < -0.4 is 20.5 Å². The number of rotatable bonds is 7. The zero-order chi connectivity index (χ0) is 16.0. The highest BCUT2D eigenvalue weighted by Crippen LogP contribution is 2.28. The molecule has 7 nitrogen and oxygen atoms in total. The van der Waals surface area contributed by atoms with Crippen molar-refractivity contribution in [1.29, 1.82) is 0 Å². The van der Waals surface area contributed by atoms with Crippen molar-refractivity contribution in [3.63, 3.8) is 0 Å². The van der Waals surface area contributed by atoms with Crippen LogP contribution in [0, 0.1) is 0 Å². The largest absolute Gasteiger partial charge is 0.497 e. The standard InChI is InChI=1S/C13H20N2O5S/c1-19-9-4-5-12(20-2)11(8-9)15-13(16)10(14)6-7-21(3,17)18/h4-5,8,10H,6-7,14H2,1-3H3,(H,15,16). The molecule has 8 heteroatoms. The summed E-state index contributed by atoms with van der Waals surface area (Å²) in [6.45, 7) is 0. The molecule has 0 fully saturated rings. The molecule has 1 unspecified atom stereocenters. The zero-order valence-electron chi connectivity index (χ0n) is 12.3. The summed E-state index contributed by atoms with van der Waals surface area (Å²) in [5, 5.41) is 2.61. The van der Waals surface area contributed by atoms with Gasteiger partial charge in [0.05, 0.1) is 31.7 Å². The van der Waals surface area contributed by atoms with Crippen LogP contribution in [0.15, 0.2) is 18.2 Å². The molecule has 0 saturated carbocycles. The molecule has 0 aliphatic heterocycles. The van der Waals surface area contributed by atoms with Gasteiger partial charge in [0.2, 0.25) is 5.91 Å². The molecule has 1 rings (SSSR count). The average molecular weight is 316 g/mol. The van der Waals surface area contributed by atoms with Gasteiger partial charge >= 0.3 is 0 Å². The molecule has 118 valence electrons. The lowest BCUT2D eigenvalue weighted by Gasteiger charge is -2.15. The molecule has 0 bridgehead atoms. The van der Waals surface area contributed by atoms with E-state index in [1.807, 2.05) is 0 Å². The van der Waals surface area contributed by atoms with Crippen molar-refractivity contribution in [3.8, 4) is 11.5 Å².